The van der Waals surface area contributed by atoms with Crippen LogP contribution in [0.15, 0.2) is 54.4 Å². The molecule has 1 aliphatic carbocycles. The topological polar surface area (TPSA) is 42.1 Å². The minimum Gasteiger partial charge on any atom is -0.497 e. The molecule has 0 saturated carbocycles. The largest absolute Gasteiger partial charge is 0.497 e. The Morgan fingerprint density at radius 2 is 2.15 bits per heavy atom. The summed E-state index contributed by atoms with van der Waals surface area (Å²) in [4.78, 5) is 14.8. The quantitative estimate of drug-likeness (QED) is 0.867. The van der Waals surface area contributed by atoms with Crippen LogP contribution in [0.4, 0.5) is 0 Å². The van der Waals surface area contributed by atoms with Gasteiger partial charge < -0.3 is 14.5 Å². The molecule has 1 aliphatic rings. The smallest absolute Gasteiger partial charge is 0.128 e. The zero-order valence-electron chi connectivity index (χ0n) is 11.6. The van der Waals surface area contributed by atoms with E-state index < -0.39 is 0 Å². The first-order valence-electron chi connectivity index (χ1n) is 6.66. The Morgan fingerprint density at radius 3 is 2.90 bits per heavy atom. The van der Waals surface area contributed by atoms with E-state index in [2.05, 4.69) is 24.1 Å². The number of hydrogen-bond donors (Lipinski definition) is 1. The second-order valence-corrected chi connectivity index (χ2v) is 5.30. The van der Waals surface area contributed by atoms with Crippen LogP contribution >= 0.6 is 0 Å². The molecular weight excluding hydrogens is 250 g/mol. The summed E-state index contributed by atoms with van der Waals surface area (Å²) in [5.41, 5.74) is 1.86. The molecular formula is C17H17NO2. The molecule has 0 radical (unpaired) electrons. The highest BCUT2D eigenvalue weighted by atomic mass is 16.5. The van der Waals surface area contributed by atoms with Crippen molar-refractivity contribution in [2.75, 3.05) is 7.11 Å². The summed E-state index contributed by atoms with van der Waals surface area (Å²) in [6, 6.07) is 8.14. The molecule has 2 atom stereocenters. The molecule has 102 valence electrons. The number of hydrogen-bond acceptors (Lipinski definition) is 2. The van der Waals surface area contributed by atoms with Gasteiger partial charge in [-0.1, -0.05) is 31.2 Å². The number of methoxy groups -OCH3 is 1. The van der Waals surface area contributed by atoms with Crippen molar-refractivity contribution in [3.63, 3.8) is 0 Å². The molecule has 20 heavy (non-hydrogen) atoms. The number of benzene rings is 1. The maximum atomic E-state index is 11.5. The predicted molar refractivity (Wildman–Crippen MR) is 79.4 cm³/mol. The molecule has 0 amide bonds. The third kappa shape index (κ3) is 1.78. The summed E-state index contributed by atoms with van der Waals surface area (Å²) >= 11 is 0. The molecule has 1 heterocycles. The van der Waals surface area contributed by atoms with Crippen LogP contribution in [0.25, 0.3) is 10.9 Å². The molecule has 3 rings (SSSR count). The van der Waals surface area contributed by atoms with Gasteiger partial charge in [0.15, 0.2) is 0 Å². The summed E-state index contributed by atoms with van der Waals surface area (Å²) < 4.78 is 5.23. The van der Waals surface area contributed by atoms with Crippen LogP contribution in [0.1, 0.15) is 12.5 Å². The van der Waals surface area contributed by atoms with Crippen molar-refractivity contribution in [3.05, 3.63) is 60.0 Å². The SMILES string of the molecule is COC1=CC(C=O)C(C)(c2c[nH]c3ccccc23)C=C1. The van der Waals surface area contributed by atoms with Crippen molar-refractivity contribution in [2.24, 2.45) is 5.92 Å². The van der Waals surface area contributed by atoms with Gasteiger partial charge in [-0.05, 0) is 23.8 Å². The monoisotopic (exact) mass is 267 g/mol. The number of rotatable bonds is 3. The lowest BCUT2D eigenvalue weighted by Crippen LogP contribution is -2.32. The van der Waals surface area contributed by atoms with Gasteiger partial charge in [-0.15, -0.1) is 0 Å². The number of carbonyl (C=O) groups excluding carboxylic acids is 1. The fraction of sp³-hybridized carbons (Fsp3) is 0.235. The number of nitrogens with one attached hydrogen (secondary N) is 1. The van der Waals surface area contributed by atoms with Gasteiger partial charge in [-0.25, -0.2) is 0 Å². The number of ether oxygens (including phenoxy) is 1. The standard InChI is InChI=1S/C17H17NO2/c1-17(8-7-13(20-2)9-12(17)11-19)15-10-18-16-6-4-3-5-14(15)16/h3-12,18H,1-2H3. The molecule has 1 N–H and O–H groups in total. The van der Waals surface area contributed by atoms with Gasteiger partial charge in [-0.2, -0.15) is 0 Å². The first-order chi connectivity index (χ1) is 9.69. The number of aromatic amines is 1. The Labute approximate surface area is 117 Å². The van der Waals surface area contributed by atoms with E-state index in [1.165, 1.54) is 0 Å². The number of carbonyl (C=O) groups is 1. The van der Waals surface area contributed by atoms with Gasteiger partial charge in [0, 0.05) is 28.4 Å². The lowest BCUT2D eigenvalue weighted by atomic mass is 9.70. The van der Waals surface area contributed by atoms with Crippen molar-refractivity contribution in [1.82, 2.24) is 4.98 Å². The lowest BCUT2D eigenvalue weighted by molar-refractivity contribution is -0.111. The number of fused-ring (bicyclic) bond motifs is 1. The van der Waals surface area contributed by atoms with E-state index in [0.29, 0.717) is 0 Å². The minimum atomic E-state index is -0.358. The van der Waals surface area contributed by atoms with Gasteiger partial charge in [-0.3, -0.25) is 0 Å². The van der Waals surface area contributed by atoms with Crippen molar-refractivity contribution in [2.45, 2.75) is 12.3 Å². The van der Waals surface area contributed by atoms with Gasteiger partial charge in [0.2, 0.25) is 0 Å². The third-order valence-electron chi connectivity index (χ3n) is 4.18. The van der Waals surface area contributed by atoms with Crippen LogP contribution in [0, 0.1) is 5.92 Å². The minimum absolute atomic E-state index is 0.235. The number of allylic oxidation sites excluding steroid dienone is 3. The zero-order valence-corrected chi connectivity index (χ0v) is 11.6. The molecule has 2 aromatic rings. The molecule has 3 nitrogen and oxygen atoms in total. The summed E-state index contributed by atoms with van der Waals surface area (Å²) in [5.74, 6) is 0.501. The van der Waals surface area contributed by atoms with Crippen molar-refractivity contribution >= 4 is 17.2 Å². The molecule has 1 aromatic heterocycles. The van der Waals surface area contributed by atoms with Crippen molar-refractivity contribution < 1.29 is 9.53 Å². The molecule has 0 spiro atoms. The van der Waals surface area contributed by atoms with E-state index in [1.807, 2.05) is 36.5 Å². The summed E-state index contributed by atoms with van der Waals surface area (Å²) in [7, 11) is 1.62. The number of aldehydes is 1. The van der Waals surface area contributed by atoms with Crippen LogP contribution in [0.3, 0.4) is 0 Å². The van der Waals surface area contributed by atoms with Crippen LogP contribution in [0.5, 0.6) is 0 Å². The van der Waals surface area contributed by atoms with Crippen molar-refractivity contribution in [3.8, 4) is 0 Å². The lowest BCUT2D eigenvalue weighted by Gasteiger charge is -2.33. The Hall–Kier alpha value is -2.29. The van der Waals surface area contributed by atoms with E-state index >= 15 is 0 Å². The number of H-pyrrole nitrogens is 1. The molecule has 0 aliphatic heterocycles. The highest BCUT2D eigenvalue weighted by molar-refractivity contribution is 5.85. The van der Waals surface area contributed by atoms with E-state index in [1.54, 1.807) is 7.11 Å². The van der Waals surface area contributed by atoms with Gasteiger partial charge in [0.25, 0.3) is 0 Å². The highest BCUT2D eigenvalue weighted by Gasteiger charge is 2.36. The first-order valence-corrected chi connectivity index (χ1v) is 6.66. The third-order valence-corrected chi connectivity index (χ3v) is 4.18. The van der Waals surface area contributed by atoms with Gasteiger partial charge in [0.05, 0.1) is 7.11 Å². The average Bonchev–Trinajstić information content (AvgIpc) is 2.92. The normalized spacial score (nSPS) is 25.5. The second-order valence-electron chi connectivity index (χ2n) is 5.30. The summed E-state index contributed by atoms with van der Waals surface area (Å²) in [6.07, 6.45) is 8.86. The van der Waals surface area contributed by atoms with Crippen LogP contribution in [0.2, 0.25) is 0 Å². The molecule has 3 heteroatoms. The molecule has 1 aromatic carbocycles. The van der Waals surface area contributed by atoms with Crippen LogP contribution in [-0.4, -0.2) is 18.4 Å². The van der Waals surface area contributed by atoms with E-state index in [-0.39, 0.29) is 11.3 Å². The molecule has 0 bridgehead atoms. The Bertz CT molecular complexity index is 711. The zero-order chi connectivity index (χ0) is 14.2. The summed E-state index contributed by atoms with van der Waals surface area (Å²) in [6.45, 7) is 2.08. The van der Waals surface area contributed by atoms with Gasteiger partial charge >= 0.3 is 0 Å². The summed E-state index contributed by atoms with van der Waals surface area (Å²) in [5, 5.41) is 1.15. The number of aromatic nitrogens is 1. The fourth-order valence-electron chi connectivity index (χ4n) is 2.88. The second kappa shape index (κ2) is 4.67. The molecule has 0 saturated heterocycles. The Kier molecular flexibility index (Phi) is 2.97. The molecule has 0 fully saturated rings. The maximum Gasteiger partial charge on any atom is 0.128 e. The fourth-order valence-corrected chi connectivity index (χ4v) is 2.88. The maximum absolute atomic E-state index is 11.5. The van der Waals surface area contributed by atoms with Crippen LogP contribution < -0.4 is 0 Å². The Morgan fingerprint density at radius 1 is 1.35 bits per heavy atom. The highest BCUT2D eigenvalue weighted by Crippen LogP contribution is 2.40. The van der Waals surface area contributed by atoms with E-state index in [0.717, 1.165) is 28.5 Å². The van der Waals surface area contributed by atoms with Crippen molar-refractivity contribution in [1.29, 1.82) is 0 Å². The average molecular weight is 267 g/mol. The van der Waals surface area contributed by atoms with Crippen LogP contribution in [-0.2, 0) is 14.9 Å². The Balaban J connectivity index is 2.15. The number of para-hydroxylation sites is 1. The predicted octanol–water partition coefficient (Wildman–Crippen LogP) is 3.34. The molecule has 2 unspecified atom stereocenters. The first kappa shape index (κ1) is 12.7. The van der Waals surface area contributed by atoms with E-state index in [9.17, 15) is 4.79 Å². The van der Waals surface area contributed by atoms with Gasteiger partial charge in [0.1, 0.15) is 12.0 Å². The van der Waals surface area contributed by atoms with E-state index in [4.69, 9.17) is 4.74 Å².